The maximum atomic E-state index is 10.6. The van der Waals surface area contributed by atoms with Gasteiger partial charge < -0.3 is 38.3 Å². The van der Waals surface area contributed by atoms with E-state index in [9.17, 15) is 10.2 Å². The number of nitrogens with zero attached hydrogens (tertiary/aromatic N) is 2. The van der Waals surface area contributed by atoms with Crippen molar-refractivity contribution in [2.45, 2.75) is 179 Å². The first kappa shape index (κ1) is 48.3. The molecule has 2 fully saturated rings. The van der Waals surface area contributed by atoms with Crippen LogP contribution in [0.25, 0.3) is 0 Å². The number of unbranched alkanes of at least 4 members (excludes halogenated alkanes) is 12. The van der Waals surface area contributed by atoms with Crippen molar-refractivity contribution in [3.63, 3.8) is 0 Å². The van der Waals surface area contributed by atoms with Crippen molar-refractivity contribution in [3.8, 4) is 0 Å². The minimum atomic E-state index is -0.611. The molecule has 4 unspecified atom stereocenters. The molecular weight excluding hydrogens is 733 g/mol. The average Bonchev–Trinajstić information content (AvgIpc) is 3.11. The van der Waals surface area contributed by atoms with Gasteiger partial charge in [-0.1, -0.05) is 112 Å². The molecule has 304 valence electrons. The zero-order valence-electron chi connectivity index (χ0n) is 33.0. The fraction of sp³-hybridized carbons (Fsp3) is 1.00. The van der Waals surface area contributed by atoms with Crippen molar-refractivity contribution in [2.75, 3.05) is 64.5 Å². The standard InChI is InChI=1S/C38H80N2O6S3Si2/c1-3-5-7-9-11-13-15-29-43-33-45-35-19-21-37(41)50-39(27-23-35)25-17-31-47-49-48-32-18-26-40-28-24-36(20-22-38(42)51-40)46-34-44-30-16-14-12-10-8-6-4-2/h35-38,41-42H,3-34,50-51H2,1-2H3. The summed E-state index contributed by atoms with van der Waals surface area (Å²) < 4.78 is 28.9. The molecule has 0 saturated carbocycles. The van der Waals surface area contributed by atoms with Gasteiger partial charge in [0.2, 0.25) is 0 Å². The molecule has 0 spiro atoms. The number of hydrogen-bond donors (Lipinski definition) is 2. The molecule has 51 heavy (non-hydrogen) atoms. The van der Waals surface area contributed by atoms with Gasteiger partial charge in [0.25, 0.3) is 0 Å². The summed E-state index contributed by atoms with van der Waals surface area (Å²) >= 11 is 0. The average molecular weight is 813 g/mol. The van der Waals surface area contributed by atoms with Crippen LogP contribution in [0.2, 0.25) is 0 Å². The Hall–Kier alpha value is 1.16. The number of aliphatic hydroxyl groups is 2. The largest absolute Gasteiger partial charge is 0.396 e. The summed E-state index contributed by atoms with van der Waals surface area (Å²) in [6, 6.07) is 0. The summed E-state index contributed by atoms with van der Waals surface area (Å²) in [6.07, 6.45) is 26.7. The van der Waals surface area contributed by atoms with Crippen molar-refractivity contribution in [2.24, 2.45) is 0 Å². The van der Waals surface area contributed by atoms with Crippen LogP contribution in [0.15, 0.2) is 0 Å². The monoisotopic (exact) mass is 812 g/mol. The molecule has 0 amide bonds. The highest BCUT2D eigenvalue weighted by atomic mass is 33.5. The lowest BCUT2D eigenvalue weighted by atomic mass is 10.1. The lowest BCUT2D eigenvalue weighted by Gasteiger charge is -2.30. The molecule has 2 aliphatic rings. The van der Waals surface area contributed by atoms with Gasteiger partial charge in [-0.2, -0.15) is 0 Å². The highest BCUT2D eigenvalue weighted by Crippen LogP contribution is 2.35. The number of aliphatic hydroxyl groups excluding tert-OH is 2. The van der Waals surface area contributed by atoms with Gasteiger partial charge in [-0.05, 0) is 100 Å². The van der Waals surface area contributed by atoms with Crippen LogP contribution in [0.4, 0.5) is 0 Å². The predicted molar refractivity (Wildman–Crippen MR) is 229 cm³/mol. The van der Waals surface area contributed by atoms with Gasteiger partial charge in [0.1, 0.15) is 32.9 Å². The van der Waals surface area contributed by atoms with Crippen molar-refractivity contribution >= 4 is 50.8 Å². The Kier molecular flexibility index (Phi) is 33.7. The normalized spacial score (nSPS) is 23.8. The topological polar surface area (TPSA) is 83.9 Å². The van der Waals surface area contributed by atoms with E-state index in [0.717, 1.165) is 102 Å². The van der Waals surface area contributed by atoms with Crippen molar-refractivity contribution in [1.29, 1.82) is 0 Å². The molecule has 2 N–H and O–H groups in total. The molecule has 8 nitrogen and oxygen atoms in total. The molecule has 2 heterocycles. The van der Waals surface area contributed by atoms with Crippen LogP contribution in [-0.4, -0.2) is 127 Å². The van der Waals surface area contributed by atoms with Crippen molar-refractivity contribution < 1.29 is 29.2 Å². The second kappa shape index (κ2) is 35.6. The van der Waals surface area contributed by atoms with E-state index in [2.05, 4.69) is 23.0 Å². The van der Waals surface area contributed by atoms with E-state index in [1.807, 2.05) is 31.4 Å². The maximum Gasteiger partial charge on any atom is 0.147 e. The van der Waals surface area contributed by atoms with Crippen LogP contribution in [0.5, 0.6) is 0 Å². The highest BCUT2D eigenvalue weighted by molar-refractivity contribution is 9.09. The molecule has 0 aliphatic carbocycles. The Morgan fingerprint density at radius 2 is 0.941 bits per heavy atom. The van der Waals surface area contributed by atoms with E-state index in [1.165, 1.54) is 89.9 Å². The minimum Gasteiger partial charge on any atom is -0.396 e. The number of ether oxygens (including phenoxy) is 4. The number of rotatable bonds is 32. The van der Waals surface area contributed by atoms with E-state index in [4.69, 9.17) is 18.9 Å². The molecule has 0 aromatic heterocycles. The van der Waals surface area contributed by atoms with Gasteiger partial charge in [0.15, 0.2) is 0 Å². The molecule has 0 aromatic carbocycles. The third-order valence-electron chi connectivity index (χ3n) is 10.2. The predicted octanol–water partition coefficient (Wildman–Crippen LogP) is 7.79. The van der Waals surface area contributed by atoms with Crippen molar-refractivity contribution in [1.82, 2.24) is 9.13 Å². The molecule has 2 rings (SSSR count). The third-order valence-corrected chi connectivity index (χ3v) is 18.5. The highest BCUT2D eigenvalue weighted by Gasteiger charge is 2.22. The first-order chi connectivity index (χ1) is 25.1. The molecular formula is C38H80N2O6S3Si2. The maximum absolute atomic E-state index is 10.6. The minimum absolute atomic E-state index is 0.127. The second-order valence-electron chi connectivity index (χ2n) is 14.9. The summed E-state index contributed by atoms with van der Waals surface area (Å²) in [5, 5.41) is 21.2. The van der Waals surface area contributed by atoms with Crippen LogP contribution >= 0.6 is 31.4 Å². The molecule has 0 bridgehead atoms. The summed E-state index contributed by atoms with van der Waals surface area (Å²) in [6.45, 7) is 11.2. The molecule has 13 heteroatoms. The van der Waals surface area contributed by atoms with E-state index in [1.54, 1.807) is 0 Å². The van der Waals surface area contributed by atoms with E-state index < -0.39 is 19.4 Å². The Morgan fingerprint density at radius 3 is 1.37 bits per heavy atom. The SMILES string of the molecule is CCCCCCCCCOCOC1CCC(O)[SiH2]N(CCCSSSCCCN2CCC(OCOCCCCCCCCC)CCC(O)[SiH2]2)CC1. The van der Waals surface area contributed by atoms with Crippen LogP contribution in [0.3, 0.4) is 0 Å². The van der Waals surface area contributed by atoms with E-state index in [-0.39, 0.29) is 23.7 Å². The summed E-state index contributed by atoms with van der Waals surface area (Å²) in [7, 11) is 4.67. The summed E-state index contributed by atoms with van der Waals surface area (Å²) in [5.74, 6) is 2.31. The Morgan fingerprint density at radius 1 is 0.529 bits per heavy atom. The fourth-order valence-electron chi connectivity index (χ4n) is 6.92. The van der Waals surface area contributed by atoms with Crippen LogP contribution in [0, 0.1) is 0 Å². The van der Waals surface area contributed by atoms with Gasteiger partial charge in [-0.15, -0.1) is 0 Å². The Bertz CT molecular complexity index is 702. The van der Waals surface area contributed by atoms with Crippen LogP contribution in [0.1, 0.15) is 155 Å². The van der Waals surface area contributed by atoms with Gasteiger partial charge in [0, 0.05) is 24.7 Å². The van der Waals surface area contributed by atoms with Crippen LogP contribution < -0.4 is 0 Å². The molecule has 0 radical (unpaired) electrons. The lowest BCUT2D eigenvalue weighted by Crippen LogP contribution is -2.41. The smallest absolute Gasteiger partial charge is 0.147 e. The Labute approximate surface area is 330 Å². The van der Waals surface area contributed by atoms with E-state index >= 15 is 0 Å². The molecule has 4 atom stereocenters. The van der Waals surface area contributed by atoms with Gasteiger partial charge in [-0.3, -0.25) is 0 Å². The fourth-order valence-corrected chi connectivity index (χ4v) is 14.4. The van der Waals surface area contributed by atoms with Gasteiger partial charge in [-0.25, -0.2) is 0 Å². The third kappa shape index (κ3) is 29.1. The first-order valence-electron chi connectivity index (χ1n) is 21.2. The second-order valence-corrected chi connectivity index (χ2v) is 23.8. The van der Waals surface area contributed by atoms with Gasteiger partial charge in [0.05, 0.1) is 23.7 Å². The molecule has 0 aromatic rings. The number of hydrogen-bond acceptors (Lipinski definition) is 11. The Balaban J connectivity index is 1.44. The molecule has 2 aliphatic heterocycles. The zero-order valence-corrected chi connectivity index (χ0v) is 38.3. The van der Waals surface area contributed by atoms with Gasteiger partial charge >= 0.3 is 0 Å². The van der Waals surface area contributed by atoms with Crippen molar-refractivity contribution in [3.05, 3.63) is 0 Å². The zero-order chi connectivity index (χ0) is 36.5. The first-order valence-corrected chi connectivity index (χ1v) is 27.9. The summed E-state index contributed by atoms with van der Waals surface area (Å²) in [4.78, 5) is 0. The van der Waals surface area contributed by atoms with E-state index in [0.29, 0.717) is 13.6 Å². The molecule has 2 saturated heterocycles. The summed E-state index contributed by atoms with van der Waals surface area (Å²) in [5.41, 5.74) is -0.255. The van der Waals surface area contributed by atoms with Crippen LogP contribution in [-0.2, 0) is 18.9 Å². The lowest BCUT2D eigenvalue weighted by molar-refractivity contribution is -0.0975. The quantitative estimate of drug-likeness (QED) is 0.0303.